The summed E-state index contributed by atoms with van der Waals surface area (Å²) >= 11 is 0. The third kappa shape index (κ3) is 41.2. The van der Waals surface area contributed by atoms with Gasteiger partial charge in [0.15, 0.2) is 6.10 Å². The van der Waals surface area contributed by atoms with Crippen molar-refractivity contribution in [2.75, 3.05) is 19.8 Å². The van der Waals surface area contributed by atoms with Crippen LogP contribution >= 0.6 is 7.82 Å². The molecule has 344 valence electrons. The Morgan fingerprint density at radius 2 is 1.15 bits per heavy atom. The smallest absolute Gasteiger partial charge is 0.472 e. The number of hydrogen-bond donors (Lipinski definition) is 4. The van der Waals surface area contributed by atoms with Crippen molar-refractivity contribution >= 4 is 25.7 Å². The summed E-state index contributed by atoms with van der Waals surface area (Å²) in [7, 11) is -4.77. The van der Waals surface area contributed by atoms with Crippen molar-refractivity contribution in [2.45, 2.75) is 154 Å². The minimum Gasteiger partial charge on any atom is -0.480 e. The van der Waals surface area contributed by atoms with Crippen molar-refractivity contribution in [1.29, 1.82) is 0 Å². The fourth-order valence-electron chi connectivity index (χ4n) is 5.12. The van der Waals surface area contributed by atoms with Gasteiger partial charge < -0.3 is 30.3 Å². The molecule has 4 atom stereocenters. The molecule has 0 aromatic rings. The van der Waals surface area contributed by atoms with E-state index in [1.54, 1.807) is 24.3 Å². The Morgan fingerprint density at radius 1 is 0.607 bits per heavy atom. The molecule has 0 aliphatic heterocycles. The molecule has 0 aliphatic rings. The number of phosphoric acid groups is 1. The van der Waals surface area contributed by atoms with Crippen molar-refractivity contribution in [3.8, 4) is 0 Å². The molecule has 0 aliphatic carbocycles. The van der Waals surface area contributed by atoms with Gasteiger partial charge in [-0.3, -0.25) is 23.4 Å². The molecule has 13 heteroatoms. The lowest BCUT2D eigenvalue weighted by molar-refractivity contribution is -0.161. The summed E-state index contributed by atoms with van der Waals surface area (Å²) in [6.45, 7) is 2.43. The quantitative estimate of drug-likeness (QED) is 0.0150. The van der Waals surface area contributed by atoms with Gasteiger partial charge in [-0.05, 0) is 83.5 Å². The second kappa shape index (κ2) is 41.5. The number of hydrogen-bond acceptors (Lipinski definition) is 10. The molecule has 0 saturated carbocycles. The first-order chi connectivity index (χ1) is 29.5. The molecule has 0 amide bonds. The van der Waals surface area contributed by atoms with E-state index >= 15 is 0 Å². The van der Waals surface area contributed by atoms with E-state index < -0.39 is 63.8 Å². The fraction of sp³-hybridized carbons (Fsp3) is 0.562. The summed E-state index contributed by atoms with van der Waals surface area (Å²) in [5, 5.41) is 19.1. The topological polar surface area (TPSA) is 192 Å². The third-order valence-corrected chi connectivity index (χ3v) is 9.55. The Bertz CT molecular complexity index is 1460. The molecule has 0 bridgehead atoms. The molecular formula is C48H76NO11P. The number of esters is 2. The molecule has 0 aromatic carbocycles. The van der Waals surface area contributed by atoms with Crippen molar-refractivity contribution < 1.29 is 52.6 Å². The Labute approximate surface area is 366 Å². The zero-order chi connectivity index (χ0) is 45.1. The van der Waals surface area contributed by atoms with Gasteiger partial charge in [-0.15, -0.1) is 0 Å². The lowest BCUT2D eigenvalue weighted by atomic mass is 10.1. The van der Waals surface area contributed by atoms with E-state index in [0.717, 1.165) is 70.6 Å². The number of carbonyl (C=O) groups excluding carboxylic acids is 2. The van der Waals surface area contributed by atoms with Gasteiger partial charge in [-0.1, -0.05) is 149 Å². The molecule has 12 nitrogen and oxygen atoms in total. The van der Waals surface area contributed by atoms with E-state index in [0.29, 0.717) is 19.3 Å². The second-order valence-corrected chi connectivity index (χ2v) is 15.7. The Morgan fingerprint density at radius 3 is 1.75 bits per heavy atom. The molecule has 0 radical (unpaired) electrons. The van der Waals surface area contributed by atoms with Crippen molar-refractivity contribution in [3.63, 3.8) is 0 Å². The van der Waals surface area contributed by atoms with Gasteiger partial charge in [-0.25, -0.2) is 4.57 Å². The third-order valence-electron chi connectivity index (χ3n) is 8.60. The highest BCUT2D eigenvalue weighted by atomic mass is 31.2. The Hall–Kier alpha value is -3.90. The predicted molar refractivity (Wildman–Crippen MR) is 246 cm³/mol. The molecule has 2 unspecified atom stereocenters. The van der Waals surface area contributed by atoms with Crippen LogP contribution in [0.15, 0.2) is 109 Å². The lowest BCUT2D eigenvalue weighted by Gasteiger charge is -2.20. The number of carbonyl (C=O) groups is 3. The highest BCUT2D eigenvalue weighted by Crippen LogP contribution is 2.43. The summed E-state index contributed by atoms with van der Waals surface area (Å²) in [4.78, 5) is 46.0. The average molecular weight is 874 g/mol. The van der Waals surface area contributed by atoms with Gasteiger partial charge >= 0.3 is 25.7 Å². The van der Waals surface area contributed by atoms with Crippen LogP contribution in [0.2, 0.25) is 0 Å². The number of allylic oxidation sites excluding steroid dienone is 16. The molecule has 61 heavy (non-hydrogen) atoms. The van der Waals surface area contributed by atoms with E-state index in [9.17, 15) is 28.9 Å². The van der Waals surface area contributed by atoms with Gasteiger partial charge in [0.2, 0.25) is 0 Å². The number of carboxylic acids is 1. The number of aliphatic hydroxyl groups is 1. The first-order valence-electron chi connectivity index (χ1n) is 22.0. The van der Waals surface area contributed by atoms with Gasteiger partial charge in [0.05, 0.1) is 19.3 Å². The summed E-state index contributed by atoms with van der Waals surface area (Å²) in [5.74, 6) is -2.63. The summed E-state index contributed by atoms with van der Waals surface area (Å²) in [6.07, 6.45) is 50.4. The molecule has 0 heterocycles. The molecule has 5 N–H and O–H groups in total. The minimum absolute atomic E-state index is 0.00331. The SMILES string of the molecule is CC/C=C\C/C=C\C/C=C\C/C=C\C=C/C(O)C/C=C\CCC(=O)OC[C@H](COP(=O)(O)OC[C@H](N)C(=O)O)OC(=O)CCCCCC/C=C\C/C=C\C/C=C\CCCCC. The van der Waals surface area contributed by atoms with Gasteiger partial charge in [0.1, 0.15) is 12.6 Å². The first-order valence-corrected chi connectivity index (χ1v) is 23.5. The maximum absolute atomic E-state index is 12.6. The van der Waals surface area contributed by atoms with Crippen molar-refractivity contribution in [1.82, 2.24) is 0 Å². The van der Waals surface area contributed by atoms with Crippen LogP contribution < -0.4 is 5.73 Å². The van der Waals surface area contributed by atoms with Gasteiger partial charge in [0.25, 0.3) is 0 Å². The standard InChI is InChI=1S/C48H76NO11P/c1-3-5-7-9-11-13-15-17-18-19-20-22-24-26-28-30-34-39-47(52)60-44(41-58-61(55,56)59-42-45(49)48(53)54)40-57-46(51)38-35-31-33-37-43(50)36-32-29-27-25-23-21-16-14-12-10-8-6-4-2/h6,8,11-14,17-18,20-23,27,29,31-33,36,43-45,50H,3-5,7,9-10,15-16,19,24-26,28,30,34-35,37-42,49H2,1-2H3,(H,53,54)(H,55,56)/b8-6-,13-11-,14-12-,18-17-,22-20-,23-21-,29-27-,33-31-,36-32-/t43?,44-,45+/m1/s1. The largest absolute Gasteiger partial charge is 0.480 e. The number of phosphoric ester groups is 1. The van der Waals surface area contributed by atoms with Crippen LogP contribution in [0.25, 0.3) is 0 Å². The van der Waals surface area contributed by atoms with Crippen molar-refractivity contribution in [3.05, 3.63) is 109 Å². The molecular weight excluding hydrogens is 797 g/mol. The summed E-state index contributed by atoms with van der Waals surface area (Å²) < 4.78 is 32.5. The number of aliphatic carboxylic acids is 1. The number of aliphatic hydroxyl groups excluding tert-OH is 1. The minimum atomic E-state index is -4.77. The highest BCUT2D eigenvalue weighted by molar-refractivity contribution is 7.47. The predicted octanol–water partition coefficient (Wildman–Crippen LogP) is 10.8. The molecule has 0 spiro atoms. The maximum Gasteiger partial charge on any atom is 0.472 e. The van der Waals surface area contributed by atoms with Gasteiger partial charge in [-0.2, -0.15) is 0 Å². The summed E-state index contributed by atoms with van der Waals surface area (Å²) in [5.41, 5.74) is 5.32. The Balaban J connectivity index is 4.64. The zero-order valence-electron chi connectivity index (χ0n) is 36.8. The number of nitrogens with two attached hydrogens (primary N) is 1. The van der Waals surface area contributed by atoms with E-state index in [1.165, 1.54) is 19.3 Å². The van der Waals surface area contributed by atoms with Crippen molar-refractivity contribution in [2.24, 2.45) is 5.73 Å². The van der Waals surface area contributed by atoms with Crippen LogP contribution in [0.4, 0.5) is 0 Å². The van der Waals surface area contributed by atoms with Crippen LogP contribution in [-0.2, 0) is 37.5 Å². The van der Waals surface area contributed by atoms with Crippen LogP contribution in [-0.4, -0.2) is 71.1 Å². The number of rotatable bonds is 39. The molecule has 0 fully saturated rings. The highest BCUT2D eigenvalue weighted by Gasteiger charge is 2.28. The lowest BCUT2D eigenvalue weighted by Crippen LogP contribution is -2.34. The monoisotopic (exact) mass is 874 g/mol. The zero-order valence-corrected chi connectivity index (χ0v) is 37.7. The fourth-order valence-corrected chi connectivity index (χ4v) is 5.90. The summed E-state index contributed by atoms with van der Waals surface area (Å²) in [6, 6.07) is -1.56. The van der Waals surface area contributed by atoms with Crippen LogP contribution in [0.1, 0.15) is 136 Å². The van der Waals surface area contributed by atoms with Gasteiger partial charge in [0, 0.05) is 12.8 Å². The van der Waals surface area contributed by atoms with E-state index in [1.807, 2.05) is 12.2 Å². The first kappa shape index (κ1) is 57.1. The van der Waals surface area contributed by atoms with Crippen LogP contribution in [0, 0.1) is 0 Å². The molecule has 0 saturated heterocycles. The molecule has 0 rings (SSSR count). The number of ether oxygens (including phenoxy) is 2. The normalized spacial score (nSPS) is 15.2. The van der Waals surface area contributed by atoms with E-state index in [4.69, 9.17) is 24.8 Å². The number of carboxylic acid groups (broad SMARTS) is 1. The van der Waals surface area contributed by atoms with Crippen LogP contribution in [0.3, 0.4) is 0 Å². The second-order valence-electron chi connectivity index (χ2n) is 14.3. The average Bonchev–Trinajstić information content (AvgIpc) is 3.23. The van der Waals surface area contributed by atoms with E-state index in [2.05, 4.69) is 91.3 Å². The Kier molecular flexibility index (Phi) is 38.8. The van der Waals surface area contributed by atoms with E-state index in [-0.39, 0.29) is 12.8 Å². The van der Waals surface area contributed by atoms with Crippen LogP contribution in [0.5, 0.6) is 0 Å². The molecule has 0 aromatic heterocycles. The maximum atomic E-state index is 12.6. The number of unbranched alkanes of at least 4 members (excludes halogenated alkanes) is 7.